The van der Waals surface area contributed by atoms with E-state index in [1.165, 1.54) is 22.1 Å². The minimum absolute atomic E-state index is 0.0981. The quantitative estimate of drug-likeness (QED) is 0.740. The van der Waals surface area contributed by atoms with Crippen LogP contribution in [0.2, 0.25) is 0 Å². The highest BCUT2D eigenvalue weighted by atomic mass is 32.1. The van der Waals surface area contributed by atoms with Gasteiger partial charge >= 0.3 is 0 Å². The van der Waals surface area contributed by atoms with Crippen LogP contribution < -0.4 is 10.9 Å². The van der Waals surface area contributed by atoms with Crippen LogP contribution in [0.5, 0.6) is 0 Å². The standard InChI is InChI=1S/C13H14N6O2S/c1-8-5-11(20)19-9(7-22-13(19)15-8)3-4-14-12(21)10-6-18(2)17-16-10/h5-7H,3-4H2,1-2H3,(H,14,21). The van der Waals surface area contributed by atoms with Gasteiger partial charge in [-0.3, -0.25) is 18.7 Å². The van der Waals surface area contributed by atoms with Gasteiger partial charge in [0.1, 0.15) is 0 Å². The van der Waals surface area contributed by atoms with E-state index in [2.05, 4.69) is 20.6 Å². The van der Waals surface area contributed by atoms with Crippen molar-refractivity contribution in [3.63, 3.8) is 0 Å². The first kappa shape index (κ1) is 14.4. The molecule has 0 spiro atoms. The second-order valence-corrected chi connectivity index (χ2v) is 5.70. The van der Waals surface area contributed by atoms with Crippen LogP contribution in [0.1, 0.15) is 21.9 Å². The van der Waals surface area contributed by atoms with E-state index in [1.807, 2.05) is 5.38 Å². The van der Waals surface area contributed by atoms with Crippen molar-refractivity contribution in [1.29, 1.82) is 0 Å². The van der Waals surface area contributed by atoms with E-state index in [0.717, 1.165) is 5.69 Å². The van der Waals surface area contributed by atoms with Gasteiger partial charge in [0.05, 0.1) is 6.20 Å². The predicted octanol–water partition coefficient (Wildman–Crippen LogP) is 0.165. The Morgan fingerprint density at radius 2 is 2.27 bits per heavy atom. The topological polar surface area (TPSA) is 94.2 Å². The summed E-state index contributed by atoms with van der Waals surface area (Å²) in [6, 6.07) is 1.50. The van der Waals surface area contributed by atoms with Crippen molar-refractivity contribution in [2.75, 3.05) is 6.54 Å². The summed E-state index contributed by atoms with van der Waals surface area (Å²) < 4.78 is 3.04. The van der Waals surface area contributed by atoms with Crippen LogP contribution >= 0.6 is 11.3 Å². The van der Waals surface area contributed by atoms with Gasteiger partial charge in [-0.1, -0.05) is 5.21 Å². The first-order chi connectivity index (χ1) is 10.5. The highest BCUT2D eigenvalue weighted by Gasteiger charge is 2.11. The number of nitrogens with zero attached hydrogens (tertiary/aromatic N) is 5. The molecule has 22 heavy (non-hydrogen) atoms. The molecule has 8 nitrogen and oxygen atoms in total. The van der Waals surface area contributed by atoms with Gasteiger partial charge in [-0.15, -0.1) is 16.4 Å². The van der Waals surface area contributed by atoms with Crippen LogP contribution in [0.15, 0.2) is 22.4 Å². The Bertz CT molecular complexity index is 893. The summed E-state index contributed by atoms with van der Waals surface area (Å²) >= 11 is 1.41. The summed E-state index contributed by atoms with van der Waals surface area (Å²) in [6.07, 6.45) is 2.09. The molecule has 9 heteroatoms. The van der Waals surface area contributed by atoms with Crippen molar-refractivity contribution in [2.45, 2.75) is 13.3 Å². The summed E-state index contributed by atoms with van der Waals surface area (Å²) in [5.74, 6) is -0.283. The van der Waals surface area contributed by atoms with Crippen molar-refractivity contribution < 1.29 is 4.79 Å². The molecule has 0 bridgehead atoms. The third-order valence-corrected chi connectivity index (χ3v) is 3.98. The minimum atomic E-state index is -0.283. The van der Waals surface area contributed by atoms with Crippen molar-refractivity contribution in [2.24, 2.45) is 7.05 Å². The Hall–Kier alpha value is -2.55. The molecular formula is C13H14N6O2S. The van der Waals surface area contributed by atoms with Crippen molar-refractivity contribution >= 4 is 22.2 Å². The van der Waals surface area contributed by atoms with Gasteiger partial charge in [-0.2, -0.15) is 0 Å². The average molecular weight is 318 g/mol. The van der Waals surface area contributed by atoms with Crippen LogP contribution in [-0.2, 0) is 13.5 Å². The molecule has 0 unspecified atom stereocenters. The fourth-order valence-corrected chi connectivity index (χ4v) is 3.08. The molecule has 0 saturated heterocycles. The number of nitrogens with one attached hydrogen (secondary N) is 1. The normalized spacial score (nSPS) is 11.0. The monoisotopic (exact) mass is 318 g/mol. The van der Waals surface area contributed by atoms with E-state index in [1.54, 1.807) is 24.6 Å². The zero-order valence-electron chi connectivity index (χ0n) is 12.1. The Balaban J connectivity index is 1.70. The van der Waals surface area contributed by atoms with Crippen molar-refractivity contribution in [3.05, 3.63) is 45.1 Å². The van der Waals surface area contributed by atoms with Gasteiger partial charge in [0.2, 0.25) is 0 Å². The zero-order chi connectivity index (χ0) is 15.7. The minimum Gasteiger partial charge on any atom is -0.350 e. The number of carbonyl (C=O) groups excluding carboxylic acids is 1. The fraction of sp³-hybridized carbons (Fsp3) is 0.308. The smallest absolute Gasteiger partial charge is 0.273 e. The highest BCUT2D eigenvalue weighted by molar-refractivity contribution is 7.15. The van der Waals surface area contributed by atoms with Crippen LogP contribution in [0.25, 0.3) is 4.96 Å². The van der Waals surface area contributed by atoms with Gasteiger partial charge in [0, 0.05) is 42.8 Å². The molecule has 3 rings (SSSR count). The molecule has 0 aliphatic carbocycles. The average Bonchev–Trinajstić information content (AvgIpc) is 3.05. The van der Waals surface area contributed by atoms with E-state index < -0.39 is 0 Å². The van der Waals surface area contributed by atoms with Crippen molar-refractivity contribution in [3.8, 4) is 0 Å². The molecule has 0 radical (unpaired) electrons. The van der Waals surface area contributed by atoms with Gasteiger partial charge in [0.25, 0.3) is 11.5 Å². The molecule has 0 atom stereocenters. The third-order valence-electron chi connectivity index (χ3n) is 3.11. The number of hydrogen-bond donors (Lipinski definition) is 1. The number of hydrogen-bond acceptors (Lipinski definition) is 6. The number of fused-ring (bicyclic) bond motifs is 1. The number of aromatic nitrogens is 5. The Kier molecular flexibility index (Phi) is 3.72. The Labute approximate surface area is 129 Å². The SMILES string of the molecule is Cc1cc(=O)n2c(CCNC(=O)c3cn(C)nn3)csc2n1. The maximum atomic E-state index is 12.0. The number of aryl methyl sites for hydroxylation is 2. The first-order valence-corrected chi connectivity index (χ1v) is 7.54. The highest BCUT2D eigenvalue weighted by Crippen LogP contribution is 2.12. The number of carbonyl (C=O) groups is 1. The second-order valence-electron chi connectivity index (χ2n) is 4.86. The van der Waals surface area contributed by atoms with E-state index in [0.29, 0.717) is 23.6 Å². The molecular weight excluding hydrogens is 304 g/mol. The van der Waals surface area contributed by atoms with E-state index in [-0.39, 0.29) is 17.2 Å². The van der Waals surface area contributed by atoms with Crippen LogP contribution in [-0.4, -0.2) is 36.8 Å². The molecule has 0 saturated carbocycles. The fourth-order valence-electron chi connectivity index (χ4n) is 2.10. The first-order valence-electron chi connectivity index (χ1n) is 6.66. The van der Waals surface area contributed by atoms with Crippen LogP contribution in [0, 0.1) is 6.92 Å². The molecule has 0 fully saturated rings. The van der Waals surface area contributed by atoms with Gasteiger partial charge < -0.3 is 5.32 Å². The molecule has 0 aliphatic heterocycles. The summed E-state index contributed by atoms with van der Waals surface area (Å²) in [5.41, 5.74) is 1.71. The number of amides is 1. The largest absolute Gasteiger partial charge is 0.350 e. The second kappa shape index (κ2) is 5.68. The molecule has 114 valence electrons. The molecule has 3 heterocycles. The number of rotatable bonds is 4. The van der Waals surface area contributed by atoms with Crippen LogP contribution in [0.3, 0.4) is 0 Å². The Morgan fingerprint density at radius 1 is 1.45 bits per heavy atom. The van der Waals surface area contributed by atoms with Gasteiger partial charge in [-0.05, 0) is 6.92 Å². The van der Waals surface area contributed by atoms with E-state index in [4.69, 9.17) is 0 Å². The van der Waals surface area contributed by atoms with Gasteiger partial charge in [-0.25, -0.2) is 4.98 Å². The lowest BCUT2D eigenvalue weighted by Gasteiger charge is -2.03. The lowest BCUT2D eigenvalue weighted by Crippen LogP contribution is -2.27. The molecule has 1 N–H and O–H groups in total. The van der Waals surface area contributed by atoms with E-state index in [9.17, 15) is 9.59 Å². The molecule has 1 amide bonds. The summed E-state index contributed by atoms with van der Waals surface area (Å²) in [7, 11) is 1.70. The Morgan fingerprint density at radius 3 is 3.00 bits per heavy atom. The lowest BCUT2D eigenvalue weighted by atomic mass is 10.3. The third kappa shape index (κ3) is 2.75. The van der Waals surface area contributed by atoms with Crippen LogP contribution in [0.4, 0.5) is 0 Å². The molecule has 0 aromatic carbocycles. The zero-order valence-corrected chi connectivity index (χ0v) is 12.9. The molecule has 0 aliphatic rings. The summed E-state index contributed by atoms with van der Waals surface area (Å²) in [4.78, 5) is 28.9. The molecule has 3 aromatic heterocycles. The maximum absolute atomic E-state index is 12.0. The lowest BCUT2D eigenvalue weighted by molar-refractivity contribution is 0.0949. The summed E-state index contributed by atoms with van der Waals surface area (Å²) in [6.45, 7) is 2.20. The van der Waals surface area contributed by atoms with E-state index >= 15 is 0 Å². The summed E-state index contributed by atoms with van der Waals surface area (Å²) in [5, 5.41) is 12.1. The van der Waals surface area contributed by atoms with Crippen molar-refractivity contribution in [1.82, 2.24) is 29.7 Å². The predicted molar refractivity (Wildman–Crippen MR) is 81.1 cm³/mol. The number of thiazole rings is 1. The molecule has 3 aromatic rings. The maximum Gasteiger partial charge on any atom is 0.273 e. The van der Waals surface area contributed by atoms with Gasteiger partial charge in [0.15, 0.2) is 10.7 Å².